The second-order valence-corrected chi connectivity index (χ2v) is 4.53. The number of ether oxygens (including phenoxy) is 1. The molecule has 0 fully saturated rings. The summed E-state index contributed by atoms with van der Waals surface area (Å²) in [5, 5.41) is 1.79. The van der Waals surface area contributed by atoms with E-state index in [9.17, 15) is 0 Å². The summed E-state index contributed by atoms with van der Waals surface area (Å²) in [6.45, 7) is 3.57. The minimum Gasteiger partial charge on any atom is -0.381 e. The topological polar surface area (TPSA) is 9.23 Å². The molecule has 0 amide bonds. The number of halogens is 2. The Balaban J connectivity index is 2.54. The summed E-state index contributed by atoms with van der Waals surface area (Å²) in [4.78, 5) is 0. The van der Waals surface area contributed by atoms with Gasteiger partial charge in [-0.3, -0.25) is 0 Å². The van der Waals surface area contributed by atoms with Crippen LogP contribution in [-0.2, 0) is 11.2 Å². The van der Waals surface area contributed by atoms with Crippen molar-refractivity contribution in [3.8, 4) is 0 Å². The molecular weight excluding hydrogens is 275 g/mol. The molecule has 0 saturated heterocycles. The number of alkyl halides is 1. The third kappa shape index (κ3) is 4.54. The Morgan fingerprint density at radius 2 is 2.13 bits per heavy atom. The molecule has 1 unspecified atom stereocenters. The van der Waals surface area contributed by atoms with E-state index in [1.807, 2.05) is 25.1 Å². The molecule has 0 radical (unpaired) electrons. The molecule has 0 saturated carbocycles. The monoisotopic (exact) mass is 290 g/mol. The zero-order valence-electron chi connectivity index (χ0n) is 8.88. The van der Waals surface area contributed by atoms with Crippen LogP contribution in [0, 0.1) is 5.92 Å². The molecule has 0 N–H and O–H groups in total. The predicted octanol–water partition coefficient (Wildman–Crippen LogP) is 3.93. The van der Waals surface area contributed by atoms with Crippen molar-refractivity contribution < 1.29 is 4.74 Å². The highest BCUT2D eigenvalue weighted by molar-refractivity contribution is 9.09. The maximum absolute atomic E-state index is 6.10. The van der Waals surface area contributed by atoms with E-state index >= 15 is 0 Å². The fraction of sp³-hybridized carbons (Fsp3) is 0.500. The fourth-order valence-corrected chi connectivity index (χ4v) is 2.05. The molecule has 3 heteroatoms. The average Bonchev–Trinajstić information content (AvgIpc) is 2.26. The van der Waals surface area contributed by atoms with Crippen LogP contribution in [0.25, 0.3) is 0 Å². The van der Waals surface area contributed by atoms with Crippen molar-refractivity contribution in [1.82, 2.24) is 0 Å². The van der Waals surface area contributed by atoms with E-state index in [-0.39, 0.29) is 0 Å². The molecule has 0 spiro atoms. The molecule has 0 aliphatic heterocycles. The zero-order chi connectivity index (χ0) is 11.1. The van der Waals surface area contributed by atoms with Crippen LogP contribution in [0.1, 0.15) is 12.5 Å². The Kier molecular flexibility index (Phi) is 6.30. The molecular formula is C12H16BrClO. The van der Waals surface area contributed by atoms with Crippen molar-refractivity contribution in [3.63, 3.8) is 0 Å². The van der Waals surface area contributed by atoms with E-state index in [0.29, 0.717) is 5.92 Å². The van der Waals surface area contributed by atoms with Crippen molar-refractivity contribution >= 4 is 27.5 Å². The van der Waals surface area contributed by atoms with Crippen LogP contribution in [0.2, 0.25) is 5.02 Å². The molecule has 1 nitrogen and oxygen atoms in total. The zero-order valence-corrected chi connectivity index (χ0v) is 11.2. The van der Waals surface area contributed by atoms with Gasteiger partial charge < -0.3 is 4.74 Å². The summed E-state index contributed by atoms with van der Waals surface area (Å²) in [5.41, 5.74) is 1.20. The van der Waals surface area contributed by atoms with E-state index in [0.717, 1.165) is 30.0 Å². The Bertz CT molecular complexity index is 291. The van der Waals surface area contributed by atoms with Crippen LogP contribution < -0.4 is 0 Å². The lowest BCUT2D eigenvalue weighted by atomic mass is 10.0. The van der Waals surface area contributed by atoms with Crippen molar-refractivity contribution in [2.75, 3.05) is 18.5 Å². The highest BCUT2D eigenvalue weighted by Gasteiger charge is 2.10. The largest absolute Gasteiger partial charge is 0.381 e. The van der Waals surface area contributed by atoms with Crippen molar-refractivity contribution in [2.24, 2.45) is 5.92 Å². The highest BCUT2D eigenvalue weighted by atomic mass is 79.9. The average molecular weight is 292 g/mol. The maximum atomic E-state index is 6.10. The number of hydrogen-bond acceptors (Lipinski definition) is 1. The number of hydrogen-bond donors (Lipinski definition) is 0. The Morgan fingerprint density at radius 3 is 2.73 bits per heavy atom. The summed E-state index contributed by atoms with van der Waals surface area (Å²) in [6, 6.07) is 7.98. The molecule has 1 aromatic carbocycles. The first kappa shape index (κ1) is 13.0. The molecule has 0 aliphatic carbocycles. The molecule has 84 valence electrons. The predicted molar refractivity (Wildman–Crippen MR) is 68.9 cm³/mol. The van der Waals surface area contributed by atoms with Crippen molar-refractivity contribution in [3.05, 3.63) is 34.9 Å². The third-order valence-corrected chi connectivity index (χ3v) is 3.53. The first-order valence-electron chi connectivity index (χ1n) is 5.15. The van der Waals surface area contributed by atoms with Gasteiger partial charge >= 0.3 is 0 Å². The molecule has 0 aromatic heterocycles. The quantitative estimate of drug-likeness (QED) is 0.722. The summed E-state index contributed by atoms with van der Waals surface area (Å²) < 4.78 is 5.43. The van der Waals surface area contributed by atoms with Gasteiger partial charge in [-0.25, -0.2) is 0 Å². The van der Waals surface area contributed by atoms with Crippen LogP contribution in [-0.4, -0.2) is 18.5 Å². The Hall–Kier alpha value is -0.0500. The van der Waals surface area contributed by atoms with Gasteiger partial charge in [0.25, 0.3) is 0 Å². The van der Waals surface area contributed by atoms with Gasteiger partial charge in [0.15, 0.2) is 0 Å². The van der Waals surface area contributed by atoms with Gasteiger partial charge in [-0.2, -0.15) is 0 Å². The SMILES string of the molecule is CCOCC(CBr)Cc1ccccc1Cl. The second kappa shape index (κ2) is 7.26. The van der Waals surface area contributed by atoms with E-state index in [1.54, 1.807) is 0 Å². The van der Waals surface area contributed by atoms with Gasteiger partial charge in [0.1, 0.15) is 0 Å². The van der Waals surface area contributed by atoms with Gasteiger partial charge in [0.2, 0.25) is 0 Å². The van der Waals surface area contributed by atoms with E-state index < -0.39 is 0 Å². The standard InChI is InChI=1S/C12H16BrClO/c1-2-15-9-10(8-13)7-11-5-3-4-6-12(11)14/h3-6,10H,2,7-9H2,1H3. The molecule has 1 rings (SSSR count). The first-order valence-corrected chi connectivity index (χ1v) is 6.65. The van der Waals surface area contributed by atoms with Crippen molar-refractivity contribution in [1.29, 1.82) is 0 Å². The molecule has 0 bridgehead atoms. The smallest absolute Gasteiger partial charge is 0.0505 e. The fourth-order valence-electron chi connectivity index (χ4n) is 1.42. The van der Waals surface area contributed by atoms with Gasteiger partial charge in [-0.05, 0) is 30.9 Å². The summed E-state index contributed by atoms with van der Waals surface area (Å²) >= 11 is 9.61. The molecule has 0 heterocycles. The normalized spacial score (nSPS) is 12.7. The van der Waals surface area contributed by atoms with Crippen LogP contribution in [0.4, 0.5) is 0 Å². The van der Waals surface area contributed by atoms with Gasteiger partial charge in [0.05, 0.1) is 6.61 Å². The molecule has 1 aromatic rings. The van der Waals surface area contributed by atoms with E-state index in [1.165, 1.54) is 5.56 Å². The van der Waals surface area contributed by atoms with Crippen LogP contribution >= 0.6 is 27.5 Å². The van der Waals surface area contributed by atoms with Crippen LogP contribution in [0.15, 0.2) is 24.3 Å². The molecule has 1 atom stereocenters. The number of rotatable bonds is 6. The van der Waals surface area contributed by atoms with E-state index in [2.05, 4.69) is 22.0 Å². The molecule has 15 heavy (non-hydrogen) atoms. The Labute approximate surface area is 105 Å². The molecule has 0 aliphatic rings. The minimum atomic E-state index is 0.491. The summed E-state index contributed by atoms with van der Waals surface area (Å²) in [7, 11) is 0. The first-order chi connectivity index (χ1) is 7.27. The van der Waals surface area contributed by atoms with Gasteiger partial charge in [0, 0.05) is 17.0 Å². The number of benzene rings is 1. The lowest BCUT2D eigenvalue weighted by Crippen LogP contribution is -2.14. The second-order valence-electron chi connectivity index (χ2n) is 3.48. The highest BCUT2D eigenvalue weighted by Crippen LogP contribution is 2.20. The maximum Gasteiger partial charge on any atom is 0.0505 e. The lowest BCUT2D eigenvalue weighted by molar-refractivity contribution is 0.118. The van der Waals surface area contributed by atoms with Crippen molar-refractivity contribution in [2.45, 2.75) is 13.3 Å². The van der Waals surface area contributed by atoms with Gasteiger partial charge in [-0.15, -0.1) is 0 Å². The Morgan fingerprint density at radius 1 is 1.40 bits per heavy atom. The summed E-state index contributed by atoms with van der Waals surface area (Å²) in [5.74, 6) is 0.491. The summed E-state index contributed by atoms with van der Waals surface area (Å²) in [6.07, 6.45) is 0.963. The third-order valence-electron chi connectivity index (χ3n) is 2.24. The lowest BCUT2D eigenvalue weighted by Gasteiger charge is -2.14. The van der Waals surface area contributed by atoms with Gasteiger partial charge in [-0.1, -0.05) is 45.7 Å². The van der Waals surface area contributed by atoms with Crippen LogP contribution in [0.3, 0.4) is 0 Å². The minimum absolute atomic E-state index is 0.491. The van der Waals surface area contributed by atoms with E-state index in [4.69, 9.17) is 16.3 Å². The van der Waals surface area contributed by atoms with Crippen LogP contribution in [0.5, 0.6) is 0 Å².